The molecule has 2 N–H and O–H groups in total. The summed E-state index contributed by atoms with van der Waals surface area (Å²) in [5.41, 5.74) is 1.08. The Morgan fingerprint density at radius 2 is 1.91 bits per heavy atom. The quantitative estimate of drug-likeness (QED) is 0.758. The number of hydrogen-bond donors (Lipinski definition) is 2. The lowest BCUT2D eigenvalue weighted by atomic mass is 10.1. The van der Waals surface area contributed by atoms with Crippen LogP contribution in [0.15, 0.2) is 53.5 Å². The largest absolute Gasteiger partial charge is 0.360 e. The van der Waals surface area contributed by atoms with Crippen molar-refractivity contribution in [2.24, 2.45) is 0 Å². The molecule has 0 atom stereocenters. The topological polar surface area (TPSA) is 62.0 Å². The van der Waals surface area contributed by atoms with E-state index < -0.39 is 5.91 Å². The Hall–Kier alpha value is -2.30. The van der Waals surface area contributed by atoms with Gasteiger partial charge >= 0.3 is 0 Å². The van der Waals surface area contributed by atoms with Gasteiger partial charge in [0.1, 0.15) is 5.56 Å². The van der Waals surface area contributed by atoms with E-state index >= 15 is 0 Å². The van der Waals surface area contributed by atoms with Crippen molar-refractivity contribution >= 4 is 40.0 Å². The average Bonchev–Trinajstić information content (AvgIpc) is 2.54. The van der Waals surface area contributed by atoms with Gasteiger partial charge in [-0.05, 0) is 29.8 Å². The van der Waals surface area contributed by atoms with Gasteiger partial charge in [-0.15, -0.1) is 0 Å². The number of nitrogens with one attached hydrogen (secondary N) is 2. The Kier molecular flexibility index (Phi) is 4.37. The van der Waals surface area contributed by atoms with Crippen molar-refractivity contribution in [3.8, 4) is 0 Å². The van der Waals surface area contributed by atoms with Crippen LogP contribution in [0.25, 0.3) is 10.9 Å². The van der Waals surface area contributed by atoms with Gasteiger partial charge in [0.2, 0.25) is 5.43 Å². The lowest BCUT2D eigenvalue weighted by Gasteiger charge is -2.07. The van der Waals surface area contributed by atoms with Gasteiger partial charge in [-0.1, -0.05) is 41.4 Å². The highest BCUT2D eigenvalue weighted by Crippen LogP contribution is 2.16. The summed E-state index contributed by atoms with van der Waals surface area (Å²) >= 11 is 11.9. The predicted molar refractivity (Wildman–Crippen MR) is 92.2 cm³/mol. The van der Waals surface area contributed by atoms with Crippen LogP contribution in [0.3, 0.4) is 0 Å². The van der Waals surface area contributed by atoms with Crippen molar-refractivity contribution < 1.29 is 4.79 Å². The fourth-order valence-corrected chi connectivity index (χ4v) is 2.65. The van der Waals surface area contributed by atoms with Gasteiger partial charge < -0.3 is 10.3 Å². The monoisotopic (exact) mass is 346 g/mol. The van der Waals surface area contributed by atoms with E-state index in [1.54, 1.807) is 24.3 Å². The summed E-state index contributed by atoms with van der Waals surface area (Å²) in [4.78, 5) is 27.6. The molecule has 23 heavy (non-hydrogen) atoms. The van der Waals surface area contributed by atoms with E-state index in [4.69, 9.17) is 23.2 Å². The first-order valence-electron chi connectivity index (χ1n) is 6.89. The van der Waals surface area contributed by atoms with Crippen LogP contribution in [0.2, 0.25) is 10.0 Å². The predicted octanol–water partition coefficient (Wildman–Crippen LogP) is 3.76. The number of benzene rings is 2. The number of halogens is 2. The van der Waals surface area contributed by atoms with E-state index in [-0.39, 0.29) is 17.5 Å². The van der Waals surface area contributed by atoms with Crippen LogP contribution in [0.1, 0.15) is 15.9 Å². The first-order valence-corrected chi connectivity index (χ1v) is 7.64. The fourth-order valence-electron chi connectivity index (χ4n) is 2.28. The minimum atomic E-state index is -0.456. The molecule has 2 aromatic carbocycles. The fraction of sp³-hybridized carbons (Fsp3) is 0.0588. The maximum atomic E-state index is 12.4. The lowest BCUT2D eigenvalue weighted by molar-refractivity contribution is 0.0949. The van der Waals surface area contributed by atoms with E-state index in [1.165, 1.54) is 6.20 Å². The van der Waals surface area contributed by atoms with Crippen molar-refractivity contribution in [2.75, 3.05) is 0 Å². The molecule has 0 aliphatic carbocycles. The van der Waals surface area contributed by atoms with Crippen molar-refractivity contribution in [2.45, 2.75) is 6.54 Å². The van der Waals surface area contributed by atoms with Crippen LogP contribution in [-0.4, -0.2) is 10.9 Å². The second-order valence-electron chi connectivity index (χ2n) is 5.00. The van der Waals surface area contributed by atoms with Gasteiger partial charge in [0, 0.05) is 28.2 Å². The summed E-state index contributed by atoms with van der Waals surface area (Å²) in [7, 11) is 0. The Morgan fingerprint density at radius 3 is 2.70 bits per heavy atom. The zero-order valence-corrected chi connectivity index (χ0v) is 13.4. The number of carbonyl (C=O) groups excluding carboxylic acids is 1. The number of rotatable bonds is 3. The van der Waals surface area contributed by atoms with Gasteiger partial charge in [0.05, 0.1) is 5.52 Å². The highest BCUT2D eigenvalue weighted by Gasteiger charge is 2.13. The molecular formula is C17H12Cl2N2O2. The van der Waals surface area contributed by atoms with Crippen LogP contribution < -0.4 is 10.7 Å². The highest BCUT2D eigenvalue weighted by atomic mass is 35.5. The molecule has 1 heterocycles. The van der Waals surface area contributed by atoms with Crippen LogP contribution in [0.5, 0.6) is 0 Å². The van der Waals surface area contributed by atoms with Crippen LogP contribution in [-0.2, 0) is 6.54 Å². The first-order chi connectivity index (χ1) is 11.1. The molecule has 1 amide bonds. The molecule has 4 nitrogen and oxygen atoms in total. The second-order valence-corrected chi connectivity index (χ2v) is 5.84. The number of aromatic amines is 1. The van der Waals surface area contributed by atoms with Crippen LogP contribution in [0.4, 0.5) is 0 Å². The summed E-state index contributed by atoms with van der Waals surface area (Å²) < 4.78 is 0. The average molecular weight is 347 g/mol. The Labute approximate surface area is 142 Å². The van der Waals surface area contributed by atoms with Crippen LogP contribution >= 0.6 is 23.2 Å². The molecular weight excluding hydrogens is 335 g/mol. The number of pyridine rings is 1. The van der Waals surface area contributed by atoms with E-state index in [1.807, 2.05) is 18.2 Å². The molecule has 0 radical (unpaired) electrons. The Morgan fingerprint density at radius 1 is 1.13 bits per heavy atom. The minimum Gasteiger partial charge on any atom is -0.360 e. The molecule has 116 valence electrons. The first kappa shape index (κ1) is 15.6. The number of hydrogen-bond acceptors (Lipinski definition) is 2. The molecule has 0 fully saturated rings. The molecule has 0 unspecified atom stereocenters. The van der Waals surface area contributed by atoms with Gasteiger partial charge in [-0.25, -0.2) is 0 Å². The molecule has 3 aromatic rings. The van der Waals surface area contributed by atoms with Gasteiger partial charge in [-0.2, -0.15) is 0 Å². The van der Waals surface area contributed by atoms with Crippen molar-refractivity contribution in [1.29, 1.82) is 0 Å². The summed E-state index contributed by atoms with van der Waals surface area (Å²) in [5.74, 6) is -0.456. The molecule has 0 bridgehead atoms. The number of aromatic nitrogens is 1. The van der Waals surface area contributed by atoms with Crippen molar-refractivity contribution in [1.82, 2.24) is 10.3 Å². The summed E-state index contributed by atoms with van der Waals surface area (Å²) in [6.45, 7) is 0.247. The summed E-state index contributed by atoms with van der Waals surface area (Å²) in [6, 6.07) is 12.1. The lowest BCUT2D eigenvalue weighted by Crippen LogP contribution is -2.28. The number of carbonyl (C=O) groups is 1. The zero-order valence-electron chi connectivity index (χ0n) is 11.9. The Bertz CT molecular complexity index is 951. The number of amides is 1. The molecule has 0 spiro atoms. The van der Waals surface area contributed by atoms with E-state index in [0.717, 1.165) is 5.56 Å². The second kappa shape index (κ2) is 6.44. The van der Waals surface area contributed by atoms with E-state index in [0.29, 0.717) is 20.9 Å². The normalized spacial score (nSPS) is 10.7. The molecule has 1 aromatic heterocycles. The van der Waals surface area contributed by atoms with E-state index in [2.05, 4.69) is 10.3 Å². The summed E-state index contributed by atoms with van der Waals surface area (Å²) in [6.07, 6.45) is 1.39. The molecule has 0 aliphatic rings. The maximum Gasteiger partial charge on any atom is 0.257 e. The third kappa shape index (κ3) is 3.23. The standard InChI is InChI=1S/C17H12Cl2N2O2/c18-11-5-6-12-15(7-11)20-9-13(16(12)22)17(23)21-8-10-3-1-2-4-14(10)19/h1-7,9H,8H2,(H,20,22)(H,21,23). The smallest absolute Gasteiger partial charge is 0.257 e. The maximum absolute atomic E-state index is 12.4. The molecule has 0 saturated carbocycles. The van der Waals surface area contributed by atoms with Gasteiger partial charge in [0.25, 0.3) is 5.91 Å². The van der Waals surface area contributed by atoms with Gasteiger partial charge in [-0.3, -0.25) is 9.59 Å². The molecule has 0 aliphatic heterocycles. The van der Waals surface area contributed by atoms with Crippen molar-refractivity contribution in [3.05, 3.63) is 80.1 Å². The number of H-pyrrole nitrogens is 1. The number of fused-ring (bicyclic) bond motifs is 1. The minimum absolute atomic E-state index is 0.0480. The highest BCUT2D eigenvalue weighted by molar-refractivity contribution is 6.31. The van der Waals surface area contributed by atoms with Crippen molar-refractivity contribution in [3.63, 3.8) is 0 Å². The molecule has 6 heteroatoms. The molecule has 0 saturated heterocycles. The molecule has 3 rings (SSSR count). The van der Waals surface area contributed by atoms with Gasteiger partial charge in [0.15, 0.2) is 0 Å². The SMILES string of the molecule is O=C(NCc1ccccc1Cl)c1c[nH]c2cc(Cl)ccc2c1=O. The summed E-state index contributed by atoms with van der Waals surface area (Å²) in [5, 5.41) is 4.20. The van der Waals surface area contributed by atoms with Crippen LogP contribution in [0, 0.1) is 0 Å². The Balaban J connectivity index is 1.87. The third-order valence-corrected chi connectivity index (χ3v) is 4.09. The zero-order chi connectivity index (χ0) is 16.4. The van der Waals surface area contributed by atoms with E-state index in [9.17, 15) is 9.59 Å². The third-order valence-electron chi connectivity index (χ3n) is 3.48.